The lowest BCUT2D eigenvalue weighted by molar-refractivity contribution is -0.140. The summed E-state index contributed by atoms with van der Waals surface area (Å²) in [5, 5.41) is 61.2. The van der Waals surface area contributed by atoms with Gasteiger partial charge in [-0.05, 0) is 47.7 Å². The Morgan fingerprint density at radius 1 is 0.642 bits per heavy atom. The molecule has 2 aromatic carbocycles. The number of carboxylic acid groups (broad SMARTS) is 5. The molecule has 24 heteroatoms. The minimum Gasteiger partial charge on any atom is -0.480 e. The molecule has 0 saturated carbocycles. The summed E-state index contributed by atoms with van der Waals surface area (Å²) in [6.07, 6.45) is 0.673. The number of benzene rings is 2. The van der Waals surface area contributed by atoms with Gasteiger partial charge in [-0.25, -0.2) is 9.59 Å². The Morgan fingerprint density at radius 3 is 1.94 bits per heavy atom. The highest BCUT2D eigenvalue weighted by atomic mass is 32.1. The zero-order valence-corrected chi connectivity index (χ0v) is 37.3. The Morgan fingerprint density at radius 2 is 1.28 bits per heavy atom. The average Bonchev–Trinajstić information content (AvgIpc) is 3.75. The molecule has 0 saturated heterocycles. The van der Waals surface area contributed by atoms with E-state index in [1.165, 1.54) is 11.0 Å². The molecular weight excluding hydrogens is 899 g/mol. The number of nitrogens with one attached hydrogen (secondary N) is 5. The number of rotatable bonds is 23. The summed E-state index contributed by atoms with van der Waals surface area (Å²) in [7, 11) is 0. The molecule has 10 N–H and O–H groups in total. The summed E-state index contributed by atoms with van der Waals surface area (Å²) in [5.74, 6) is -7.73. The van der Waals surface area contributed by atoms with Crippen LogP contribution in [0.15, 0.2) is 59.6 Å². The molecule has 362 valence electrons. The molecule has 0 spiro atoms. The summed E-state index contributed by atoms with van der Waals surface area (Å²) < 4.78 is 0. The van der Waals surface area contributed by atoms with E-state index >= 15 is 0 Å². The maximum atomic E-state index is 13.7. The van der Waals surface area contributed by atoms with Crippen LogP contribution in [-0.2, 0) is 46.5 Å². The Hall–Kier alpha value is -7.02. The molecule has 1 aromatic heterocycles. The van der Waals surface area contributed by atoms with Gasteiger partial charge in [0, 0.05) is 57.1 Å². The molecule has 5 amide bonds. The minimum atomic E-state index is -1.32. The number of hydrogen-bond donors (Lipinski definition) is 10. The van der Waals surface area contributed by atoms with Crippen LogP contribution in [0.25, 0.3) is 10.8 Å². The molecule has 67 heavy (non-hydrogen) atoms. The maximum Gasteiger partial charge on any atom is 0.326 e. The molecular formula is C43H55N9O14S. The van der Waals surface area contributed by atoms with Crippen LogP contribution in [-0.4, -0.2) is 190 Å². The Balaban J connectivity index is 1.42. The predicted molar refractivity (Wildman–Crippen MR) is 242 cm³/mol. The van der Waals surface area contributed by atoms with Crippen LogP contribution in [0.3, 0.4) is 0 Å². The van der Waals surface area contributed by atoms with E-state index in [9.17, 15) is 63.6 Å². The van der Waals surface area contributed by atoms with E-state index in [1.807, 2.05) is 47.8 Å². The lowest BCUT2D eigenvalue weighted by Crippen LogP contribution is -2.48. The number of fused-ring (bicyclic) bond motifs is 1. The number of unbranched alkanes of at least 4 members (excludes halogenated alkanes) is 1. The second-order valence-corrected chi connectivity index (χ2v) is 16.7. The van der Waals surface area contributed by atoms with Gasteiger partial charge in [-0.15, -0.1) is 11.3 Å². The topological polar surface area (TPSA) is 337 Å². The number of carboxylic acids is 5. The van der Waals surface area contributed by atoms with E-state index in [0.29, 0.717) is 11.3 Å². The molecule has 2 atom stereocenters. The Bertz CT molecular complexity index is 2290. The summed E-state index contributed by atoms with van der Waals surface area (Å²) in [5.41, 5.74) is 0.728. The number of amides is 5. The van der Waals surface area contributed by atoms with Crippen molar-refractivity contribution in [1.82, 2.24) is 41.3 Å². The zero-order chi connectivity index (χ0) is 48.9. The number of hydrogen-bond acceptors (Lipinski definition) is 14. The van der Waals surface area contributed by atoms with E-state index < -0.39 is 78.8 Å². The quantitative estimate of drug-likeness (QED) is 0.0541. The van der Waals surface area contributed by atoms with Crippen LogP contribution in [0.1, 0.15) is 39.4 Å². The molecule has 1 aliphatic heterocycles. The van der Waals surface area contributed by atoms with E-state index in [-0.39, 0.29) is 102 Å². The number of aliphatic carboxylic acids is 5. The molecule has 0 fully saturated rings. The third-order valence-electron chi connectivity index (χ3n) is 10.3. The van der Waals surface area contributed by atoms with Gasteiger partial charge in [-0.2, -0.15) is 0 Å². The SMILES string of the molecule is O=C(O)CNC(=O)NC(CCCCNC(=O)C(Cc1ccc2ccccc2c1)NC(=O)c1ccc(CNC(=O)C2=NCCN(CC(=O)O)CCN(CC(=O)O)CCN(CC(=O)O)C2)s1)C(=O)O. The first-order valence-electron chi connectivity index (χ1n) is 21.2. The van der Waals surface area contributed by atoms with E-state index in [0.717, 1.165) is 27.7 Å². The molecule has 2 heterocycles. The van der Waals surface area contributed by atoms with Crippen molar-refractivity contribution < 1.29 is 68.7 Å². The maximum absolute atomic E-state index is 13.7. The van der Waals surface area contributed by atoms with Crippen LogP contribution < -0.4 is 26.6 Å². The second-order valence-electron chi connectivity index (χ2n) is 15.5. The summed E-state index contributed by atoms with van der Waals surface area (Å²) in [6, 6.07) is 13.1. The third kappa shape index (κ3) is 19.2. The molecule has 23 nitrogen and oxygen atoms in total. The highest BCUT2D eigenvalue weighted by Gasteiger charge is 2.25. The Kier molecular flexibility index (Phi) is 21.1. The van der Waals surface area contributed by atoms with Crippen molar-refractivity contribution in [3.8, 4) is 0 Å². The van der Waals surface area contributed by atoms with Crippen LogP contribution in [0.2, 0.25) is 0 Å². The fraction of sp³-hybridized carbons (Fsp3) is 0.442. The molecule has 0 bridgehead atoms. The second kappa shape index (κ2) is 26.8. The van der Waals surface area contributed by atoms with Gasteiger partial charge in [-0.1, -0.05) is 42.5 Å². The largest absolute Gasteiger partial charge is 0.480 e. The van der Waals surface area contributed by atoms with Gasteiger partial charge < -0.3 is 52.1 Å². The van der Waals surface area contributed by atoms with Crippen molar-refractivity contribution in [2.45, 2.75) is 44.3 Å². The van der Waals surface area contributed by atoms with E-state index in [1.54, 1.807) is 15.9 Å². The molecule has 3 aromatic rings. The van der Waals surface area contributed by atoms with Gasteiger partial charge in [0.1, 0.15) is 24.3 Å². The van der Waals surface area contributed by atoms with Crippen LogP contribution >= 0.6 is 11.3 Å². The number of urea groups is 1. The number of carbonyl (C=O) groups excluding carboxylic acids is 4. The molecule has 0 radical (unpaired) electrons. The van der Waals surface area contributed by atoms with Crippen LogP contribution in [0.5, 0.6) is 0 Å². The summed E-state index contributed by atoms with van der Waals surface area (Å²) in [4.78, 5) is 120. The summed E-state index contributed by atoms with van der Waals surface area (Å²) >= 11 is 1.05. The van der Waals surface area contributed by atoms with E-state index in [2.05, 4.69) is 26.3 Å². The number of nitrogens with zero attached hydrogens (tertiary/aromatic N) is 4. The van der Waals surface area contributed by atoms with Crippen LogP contribution in [0, 0.1) is 0 Å². The van der Waals surface area contributed by atoms with Gasteiger partial charge >= 0.3 is 35.9 Å². The Labute approximate surface area is 388 Å². The number of aliphatic imine (C=N–C) groups is 1. The van der Waals surface area contributed by atoms with Gasteiger partial charge in [0.2, 0.25) is 5.91 Å². The van der Waals surface area contributed by atoms with Crippen molar-refractivity contribution in [1.29, 1.82) is 0 Å². The lowest BCUT2D eigenvalue weighted by atomic mass is 10.0. The van der Waals surface area contributed by atoms with E-state index in [4.69, 9.17) is 5.11 Å². The van der Waals surface area contributed by atoms with Gasteiger partial charge in [0.25, 0.3) is 11.8 Å². The smallest absolute Gasteiger partial charge is 0.326 e. The minimum absolute atomic E-state index is 0.00647. The normalized spacial score (nSPS) is 15.1. The summed E-state index contributed by atoms with van der Waals surface area (Å²) in [6.45, 7) is -1.31. The average molecular weight is 954 g/mol. The van der Waals surface area contributed by atoms with Crippen molar-refractivity contribution in [2.75, 3.05) is 78.5 Å². The number of thiophene rings is 1. The van der Waals surface area contributed by atoms with Crippen molar-refractivity contribution in [3.05, 3.63) is 69.9 Å². The van der Waals surface area contributed by atoms with Crippen molar-refractivity contribution in [3.63, 3.8) is 0 Å². The monoisotopic (exact) mass is 953 g/mol. The predicted octanol–water partition coefficient (Wildman–Crippen LogP) is -0.403. The first-order valence-corrected chi connectivity index (χ1v) is 22.0. The van der Waals surface area contributed by atoms with Crippen LogP contribution in [0.4, 0.5) is 4.79 Å². The molecule has 1 aliphatic rings. The fourth-order valence-electron chi connectivity index (χ4n) is 6.96. The van der Waals surface area contributed by atoms with Crippen molar-refractivity contribution >= 4 is 81.4 Å². The first-order chi connectivity index (χ1) is 31.9. The molecule has 0 aliphatic carbocycles. The zero-order valence-electron chi connectivity index (χ0n) is 36.5. The highest BCUT2D eigenvalue weighted by molar-refractivity contribution is 7.14. The lowest BCUT2D eigenvalue weighted by Gasteiger charge is -2.29. The van der Waals surface area contributed by atoms with Crippen molar-refractivity contribution in [2.24, 2.45) is 4.99 Å². The third-order valence-corrected chi connectivity index (χ3v) is 11.4. The number of carbonyl (C=O) groups is 9. The molecule has 4 rings (SSSR count). The standard InChI is InChI=1S/C43H55N9O14S/c53-35(54)22-47-43(66)49-31(42(64)65)7-3-4-12-45-39(61)32(20-27-8-9-28-5-1-2-6-29(28)19-27)48-41(63)34-11-10-30(67-34)21-46-40(62)33-23-52(26-38(59)60)18-17-51(25-37(57)58)16-15-50(14-13-44-33)24-36(55)56/h1-2,5-6,8-11,19,31-32H,3-4,7,12-18,20-26H2,(H,45,61)(H,46,62)(H,48,63)(H,53,54)(H,55,56)(H,57,58)(H,59,60)(H,64,65)(H2,47,49,66). The van der Waals surface area contributed by atoms with Gasteiger partial charge in [0.15, 0.2) is 0 Å². The highest BCUT2D eigenvalue weighted by Crippen LogP contribution is 2.19. The fourth-order valence-corrected chi connectivity index (χ4v) is 7.81. The first kappa shape index (κ1) is 52.6. The molecule has 2 unspecified atom stereocenters. The van der Waals surface area contributed by atoms with Gasteiger partial charge in [-0.3, -0.25) is 53.3 Å². The van der Waals surface area contributed by atoms with Gasteiger partial charge in [0.05, 0.1) is 37.6 Å².